The number of rotatable bonds is 5. The van der Waals surface area contributed by atoms with E-state index in [9.17, 15) is 4.79 Å². The summed E-state index contributed by atoms with van der Waals surface area (Å²) in [4.78, 5) is 10.1. The first-order chi connectivity index (χ1) is 5.10. The van der Waals surface area contributed by atoms with Crippen LogP contribution in [0, 0.1) is 0 Å². The normalized spacial score (nSPS) is 15.2. The second-order valence-corrected chi connectivity index (χ2v) is 2.68. The van der Waals surface area contributed by atoms with Gasteiger partial charge in [-0.3, -0.25) is 4.79 Å². The first kappa shape index (κ1) is 10.2. The molecule has 0 radical (unpaired) electrons. The van der Waals surface area contributed by atoms with Crippen LogP contribution in [0.5, 0.6) is 0 Å². The van der Waals surface area contributed by atoms with Gasteiger partial charge in [0.2, 0.25) is 6.41 Å². The molecule has 1 atom stereocenters. The molecule has 0 aromatic heterocycles. The van der Waals surface area contributed by atoms with E-state index in [4.69, 9.17) is 0 Å². The van der Waals surface area contributed by atoms with E-state index in [2.05, 4.69) is 17.2 Å². The first-order valence-electron chi connectivity index (χ1n) is 3.69. The predicted octanol–water partition coefficient (Wildman–Crippen LogP) is 0.634. The molecule has 0 saturated carbocycles. The molecule has 0 rings (SSSR count). The molecular formula is C8H16N2O. The van der Waals surface area contributed by atoms with Gasteiger partial charge in [0, 0.05) is 5.70 Å². The topological polar surface area (TPSA) is 41.1 Å². The van der Waals surface area contributed by atoms with Gasteiger partial charge in [0.1, 0.15) is 0 Å². The monoisotopic (exact) mass is 156 g/mol. The Kier molecular flexibility index (Phi) is 3.82. The van der Waals surface area contributed by atoms with Crippen LogP contribution in [0.25, 0.3) is 0 Å². The minimum atomic E-state index is -0.194. The van der Waals surface area contributed by atoms with E-state index in [1.54, 1.807) is 0 Å². The van der Waals surface area contributed by atoms with E-state index < -0.39 is 0 Å². The van der Waals surface area contributed by atoms with Crippen molar-refractivity contribution in [1.82, 2.24) is 10.6 Å². The molecule has 1 unspecified atom stereocenters. The van der Waals surface area contributed by atoms with Gasteiger partial charge >= 0.3 is 0 Å². The molecule has 0 fully saturated rings. The van der Waals surface area contributed by atoms with Crippen molar-refractivity contribution in [2.45, 2.75) is 25.8 Å². The summed E-state index contributed by atoms with van der Waals surface area (Å²) in [6.45, 7) is 7.78. The molecule has 0 bridgehead atoms. The summed E-state index contributed by atoms with van der Waals surface area (Å²) < 4.78 is 0. The molecular weight excluding hydrogens is 140 g/mol. The molecule has 0 saturated heterocycles. The molecule has 1 amide bonds. The van der Waals surface area contributed by atoms with Gasteiger partial charge in [-0.15, -0.1) is 0 Å². The molecule has 64 valence electrons. The van der Waals surface area contributed by atoms with Crippen molar-refractivity contribution in [1.29, 1.82) is 0 Å². The Balaban J connectivity index is 4.23. The maximum Gasteiger partial charge on any atom is 0.211 e. The molecule has 3 heteroatoms. The summed E-state index contributed by atoms with van der Waals surface area (Å²) in [6, 6.07) is 0. The Morgan fingerprint density at radius 2 is 2.27 bits per heavy atom. The van der Waals surface area contributed by atoms with Crippen LogP contribution in [-0.4, -0.2) is 19.0 Å². The average molecular weight is 156 g/mol. The van der Waals surface area contributed by atoms with Crippen molar-refractivity contribution < 1.29 is 4.79 Å². The SMILES string of the molecule is C=C(NC=O)C(C)(CC)NC. The quantitative estimate of drug-likeness (QED) is 0.573. The van der Waals surface area contributed by atoms with Gasteiger partial charge in [-0.2, -0.15) is 0 Å². The molecule has 0 aliphatic rings. The van der Waals surface area contributed by atoms with E-state index in [1.807, 2.05) is 20.9 Å². The minimum Gasteiger partial charge on any atom is -0.331 e. The highest BCUT2D eigenvalue weighted by Gasteiger charge is 2.22. The summed E-state index contributed by atoms with van der Waals surface area (Å²) in [6.07, 6.45) is 1.54. The number of hydrogen-bond acceptors (Lipinski definition) is 2. The Bertz CT molecular complexity index is 150. The van der Waals surface area contributed by atoms with Gasteiger partial charge in [0.25, 0.3) is 0 Å². The van der Waals surface area contributed by atoms with Gasteiger partial charge in [-0.05, 0) is 20.4 Å². The third-order valence-electron chi connectivity index (χ3n) is 2.16. The molecule has 0 aliphatic carbocycles. The van der Waals surface area contributed by atoms with Crippen LogP contribution in [0.15, 0.2) is 12.3 Å². The number of carbonyl (C=O) groups excluding carboxylic acids is 1. The molecule has 0 aliphatic heterocycles. The molecule has 0 aromatic carbocycles. The Morgan fingerprint density at radius 3 is 2.55 bits per heavy atom. The van der Waals surface area contributed by atoms with Crippen molar-refractivity contribution in [3.8, 4) is 0 Å². The lowest BCUT2D eigenvalue weighted by molar-refractivity contribution is -0.109. The first-order valence-corrected chi connectivity index (χ1v) is 3.69. The van der Waals surface area contributed by atoms with Crippen LogP contribution >= 0.6 is 0 Å². The van der Waals surface area contributed by atoms with Gasteiger partial charge in [0.05, 0.1) is 5.54 Å². The predicted molar refractivity (Wildman–Crippen MR) is 46.1 cm³/mol. The van der Waals surface area contributed by atoms with Crippen molar-refractivity contribution in [3.05, 3.63) is 12.3 Å². The third kappa shape index (κ3) is 2.35. The second-order valence-electron chi connectivity index (χ2n) is 2.68. The Morgan fingerprint density at radius 1 is 1.73 bits per heavy atom. The highest BCUT2D eigenvalue weighted by atomic mass is 16.1. The van der Waals surface area contributed by atoms with Crippen LogP contribution in [0.3, 0.4) is 0 Å². The summed E-state index contributed by atoms with van der Waals surface area (Å²) in [5.74, 6) is 0. The van der Waals surface area contributed by atoms with Crippen molar-refractivity contribution in [2.24, 2.45) is 0 Å². The fourth-order valence-corrected chi connectivity index (χ4v) is 0.771. The highest BCUT2D eigenvalue weighted by molar-refractivity contribution is 5.51. The zero-order valence-electron chi connectivity index (χ0n) is 7.40. The number of likely N-dealkylation sites (N-methyl/N-ethyl adjacent to an activating group) is 1. The van der Waals surface area contributed by atoms with Crippen molar-refractivity contribution in [3.63, 3.8) is 0 Å². The lowest BCUT2D eigenvalue weighted by Gasteiger charge is -2.29. The summed E-state index contributed by atoms with van der Waals surface area (Å²) in [7, 11) is 1.85. The van der Waals surface area contributed by atoms with Crippen LogP contribution in [-0.2, 0) is 4.79 Å². The zero-order chi connectivity index (χ0) is 8.91. The van der Waals surface area contributed by atoms with Gasteiger partial charge < -0.3 is 10.6 Å². The van der Waals surface area contributed by atoms with E-state index in [0.29, 0.717) is 12.1 Å². The molecule has 0 aromatic rings. The smallest absolute Gasteiger partial charge is 0.211 e. The van der Waals surface area contributed by atoms with E-state index >= 15 is 0 Å². The van der Waals surface area contributed by atoms with Crippen LogP contribution in [0.2, 0.25) is 0 Å². The zero-order valence-corrected chi connectivity index (χ0v) is 7.40. The van der Waals surface area contributed by atoms with E-state index in [-0.39, 0.29) is 5.54 Å². The molecule has 0 heterocycles. The van der Waals surface area contributed by atoms with Crippen molar-refractivity contribution in [2.75, 3.05) is 7.05 Å². The van der Waals surface area contributed by atoms with Gasteiger partial charge in [-0.25, -0.2) is 0 Å². The molecule has 11 heavy (non-hydrogen) atoms. The fourth-order valence-electron chi connectivity index (χ4n) is 0.771. The van der Waals surface area contributed by atoms with E-state index in [1.165, 1.54) is 0 Å². The summed E-state index contributed by atoms with van der Waals surface area (Å²) in [5, 5.41) is 5.64. The lowest BCUT2D eigenvalue weighted by Crippen LogP contribution is -2.45. The number of hydrogen-bond donors (Lipinski definition) is 2. The summed E-state index contributed by atoms with van der Waals surface area (Å²) in [5.41, 5.74) is 0.512. The van der Waals surface area contributed by atoms with Gasteiger partial charge in [0.15, 0.2) is 0 Å². The molecule has 3 nitrogen and oxygen atoms in total. The largest absolute Gasteiger partial charge is 0.331 e. The van der Waals surface area contributed by atoms with Crippen LogP contribution in [0.1, 0.15) is 20.3 Å². The molecule has 2 N–H and O–H groups in total. The van der Waals surface area contributed by atoms with Crippen molar-refractivity contribution >= 4 is 6.41 Å². The van der Waals surface area contributed by atoms with Gasteiger partial charge in [-0.1, -0.05) is 13.5 Å². The number of nitrogens with one attached hydrogen (secondary N) is 2. The molecule has 0 spiro atoms. The van der Waals surface area contributed by atoms with Crippen LogP contribution < -0.4 is 10.6 Å². The lowest BCUT2D eigenvalue weighted by atomic mass is 9.96. The highest BCUT2D eigenvalue weighted by Crippen LogP contribution is 2.14. The average Bonchev–Trinajstić information content (AvgIpc) is 2.03. The van der Waals surface area contributed by atoms with E-state index in [0.717, 1.165) is 6.42 Å². The number of amides is 1. The maximum atomic E-state index is 10.1. The third-order valence-corrected chi connectivity index (χ3v) is 2.16. The second kappa shape index (κ2) is 4.13. The maximum absolute atomic E-state index is 10.1. The number of carbonyl (C=O) groups is 1. The minimum absolute atomic E-state index is 0.194. The Labute approximate surface area is 67.9 Å². The summed E-state index contributed by atoms with van der Waals surface area (Å²) >= 11 is 0. The Hall–Kier alpha value is -0.830. The standard InChI is InChI=1S/C8H16N2O/c1-5-8(3,9-4)7(2)10-6-11/h6,9H,2,5H2,1,3-4H3,(H,10,11). The van der Waals surface area contributed by atoms with Crippen LogP contribution in [0.4, 0.5) is 0 Å². The fraction of sp³-hybridized carbons (Fsp3) is 0.625.